The van der Waals surface area contributed by atoms with Gasteiger partial charge in [0.1, 0.15) is 23.5 Å². The molecular formula is C16H14ClF2NO. The number of fused-ring (bicyclic) bond motifs is 1. The average molecular weight is 310 g/mol. The van der Waals surface area contributed by atoms with Crippen molar-refractivity contribution >= 4 is 11.6 Å². The fourth-order valence-electron chi connectivity index (χ4n) is 2.63. The Morgan fingerprint density at radius 1 is 1.19 bits per heavy atom. The Labute approximate surface area is 126 Å². The standard InChI is InChI=1S/C16H14ClF2NO/c1-20-14-8-16(9-2-4-13(19)12(17)6-9)21-15-5-3-10(18)7-11(14)15/h2-7,14,16,20H,8H2,1H3. The zero-order valence-electron chi connectivity index (χ0n) is 11.4. The molecule has 110 valence electrons. The van der Waals surface area contributed by atoms with Crippen LogP contribution < -0.4 is 10.1 Å². The molecule has 0 aliphatic carbocycles. The highest BCUT2D eigenvalue weighted by atomic mass is 35.5. The van der Waals surface area contributed by atoms with Crippen LogP contribution in [0.15, 0.2) is 36.4 Å². The van der Waals surface area contributed by atoms with Crippen molar-refractivity contribution < 1.29 is 13.5 Å². The Morgan fingerprint density at radius 2 is 2.00 bits per heavy atom. The summed E-state index contributed by atoms with van der Waals surface area (Å²) in [6.45, 7) is 0. The lowest BCUT2D eigenvalue weighted by Crippen LogP contribution is -2.26. The molecule has 0 bridgehead atoms. The lowest BCUT2D eigenvalue weighted by Gasteiger charge is -2.32. The first-order valence-corrected chi connectivity index (χ1v) is 7.04. The van der Waals surface area contributed by atoms with Crippen LogP contribution in [-0.2, 0) is 0 Å². The molecule has 21 heavy (non-hydrogen) atoms. The Balaban J connectivity index is 1.96. The third kappa shape index (κ3) is 2.74. The minimum atomic E-state index is -0.455. The van der Waals surface area contributed by atoms with Crippen LogP contribution in [0.25, 0.3) is 0 Å². The van der Waals surface area contributed by atoms with Gasteiger partial charge in [-0.05, 0) is 42.9 Å². The fraction of sp³-hybridized carbons (Fsp3) is 0.250. The van der Waals surface area contributed by atoms with Crippen molar-refractivity contribution in [3.8, 4) is 5.75 Å². The van der Waals surface area contributed by atoms with Crippen molar-refractivity contribution in [2.24, 2.45) is 0 Å². The van der Waals surface area contributed by atoms with E-state index >= 15 is 0 Å². The molecule has 2 atom stereocenters. The van der Waals surface area contributed by atoms with Crippen molar-refractivity contribution in [3.05, 3.63) is 64.2 Å². The van der Waals surface area contributed by atoms with Gasteiger partial charge < -0.3 is 10.1 Å². The quantitative estimate of drug-likeness (QED) is 0.887. The van der Waals surface area contributed by atoms with Gasteiger partial charge >= 0.3 is 0 Å². The van der Waals surface area contributed by atoms with Crippen molar-refractivity contribution in [2.75, 3.05) is 7.05 Å². The number of rotatable bonds is 2. The van der Waals surface area contributed by atoms with Crippen LogP contribution in [0.4, 0.5) is 8.78 Å². The molecule has 0 fully saturated rings. The molecule has 1 aliphatic heterocycles. The topological polar surface area (TPSA) is 21.3 Å². The Bertz CT molecular complexity index is 677. The molecule has 2 nitrogen and oxygen atoms in total. The fourth-order valence-corrected chi connectivity index (χ4v) is 2.82. The zero-order chi connectivity index (χ0) is 15.0. The first kappa shape index (κ1) is 14.3. The zero-order valence-corrected chi connectivity index (χ0v) is 12.1. The van der Waals surface area contributed by atoms with E-state index in [1.54, 1.807) is 18.2 Å². The minimum Gasteiger partial charge on any atom is -0.485 e. The van der Waals surface area contributed by atoms with E-state index in [1.807, 2.05) is 7.05 Å². The molecule has 0 saturated carbocycles. The maximum absolute atomic E-state index is 13.4. The molecule has 5 heteroatoms. The molecule has 0 aromatic heterocycles. The van der Waals surface area contributed by atoms with Crippen molar-refractivity contribution in [3.63, 3.8) is 0 Å². The van der Waals surface area contributed by atoms with Gasteiger partial charge in [0.25, 0.3) is 0 Å². The smallest absolute Gasteiger partial charge is 0.141 e. The molecule has 0 radical (unpaired) electrons. The molecule has 0 spiro atoms. The summed E-state index contributed by atoms with van der Waals surface area (Å²) in [5, 5.41) is 3.23. The van der Waals surface area contributed by atoms with E-state index in [0.717, 1.165) is 11.1 Å². The lowest BCUT2D eigenvalue weighted by molar-refractivity contribution is 0.153. The SMILES string of the molecule is CNC1CC(c2ccc(F)c(Cl)c2)Oc2ccc(F)cc21. The van der Waals surface area contributed by atoms with E-state index in [9.17, 15) is 8.78 Å². The highest BCUT2D eigenvalue weighted by Crippen LogP contribution is 2.41. The molecule has 1 aliphatic rings. The first-order valence-electron chi connectivity index (χ1n) is 6.67. The van der Waals surface area contributed by atoms with Crippen molar-refractivity contribution in [2.45, 2.75) is 18.6 Å². The number of ether oxygens (including phenoxy) is 1. The van der Waals surface area contributed by atoms with Crippen LogP contribution in [-0.4, -0.2) is 7.05 Å². The Morgan fingerprint density at radius 3 is 2.71 bits per heavy atom. The summed E-state index contributed by atoms with van der Waals surface area (Å²) < 4.78 is 32.6. The van der Waals surface area contributed by atoms with Gasteiger partial charge in [-0.2, -0.15) is 0 Å². The van der Waals surface area contributed by atoms with Crippen LogP contribution >= 0.6 is 11.6 Å². The number of hydrogen-bond donors (Lipinski definition) is 1. The highest BCUT2D eigenvalue weighted by Gasteiger charge is 2.29. The van der Waals surface area contributed by atoms with Gasteiger partial charge in [-0.15, -0.1) is 0 Å². The van der Waals surface area contributed by atoms with Gasteiger partial charge in [0, 0.05) is 18.0 Å². The average Bonchev–Trinajstić information content (AvgIpc) is 2.49. The van der Waals surface area contributed by atoms with Gasteiger partial charge in [-0.1, -0.05) is 17.7 Å². The van der Waals surface area contributed by atoms with E-state index in [2.05, 4.69) is 5.32 Å². The molecule has 2 aromatic rings. The molecule has 3 rings (SSSR count). The molecule has 0 saturated heterocycles. The molecule has 2 aromatic carbocycles. The highest BCUT2D eigenvalue weighted by molar-refractivity contribution is 6.30. The second kappa shape index (κ2) is 5.62. The molecule has 2 unspecified atom stereocenters. The Hall–Kier alpha value is -1.65. The predicted octanol–water partition coefficient (Wildman–Crippen LogP) is 4.40. The molecule has 1 N–H and O–H groups in total. The summed E-state index contributed by atoms with van der Waals surface area (Å²) >= 11 is 5.83. The minimum absolute atomic E-state index is 0.0294. The summed E-state index contributed by atoms with van der Waals surface area (Å²) in [5.41, 5.74) is 1.60. The number of nitrogens with one attached hydrogen (secondary N) is 1. The van der Waals surface area contributed by atoms with Gasteiger partial charge in [-0.25, -0.2) is 8.78 Å². The number of hydrogen-bond acceptors (Lipinski definition) is 2. The maximum atomic E-state index is 13.4. The third-order valence-electron chi connectivity index (χ3n) is 3.73. The van der Waals surface area contributed by atoms with Crippen LogP contribution in [0.2, 0.25) is 5.02 Å². The van der Waals surface area contributed by atoms with E-state index in [0.29, 0.717) is 12.2 Å². The van der Waals surface area contributed by atoms with Gasteiger partial charge in [0.2, 0.25) is 0 Å². The van der Waals surface area contributed by atoms with Gasteiger partial charge in [-0.3, -0.25) is 0 Å². The summed E-state index contributed by atoms with van der Waals surface area (Å²) in [4.78, 5) is 0. The Kier molecular flexibility index (Phi) is 3.83. The number of benzene rings is 2. The second-order valence-corrected chi connectivity index (χ2v) is 5.45. The van der Waals surface area contributed by atoms with E-state index < -0.39 is 5.82 Å². The van der Waals surface area contributed by atoms with E-state index in [-0.39, 0.29) is 23.0 Å². The summed E-state index contributed by atoms with van der Waals surface area (Å²) in [7, 11) is 1.82. The van der Waals surface area contributed by atoms with E-state index in [4.69, 9.17) is 16.3 Å². The molecule has 1 heterocycles. The molecule has 0 amide bonds. The largest absolute Gasteiger partial charge is 0.485 e. The summed E-state index contributed by atoms with van der Waals surface area (Å²) in [6.07, 6.45) is 0.369. The maximum Gasteiger partial charge on any atom is 0.141 e. The van der Waals surface area contributed by atoms with Gasteiger partial charge in [0.05, 0.1) is 5.02 Å². The van der Waals surface area contributed by atoms with Crippen LogP contribution in [0.5, 0.6) is 5.75 Å². The summed E-state index contributed by atoms with van der Waals surface area (Å²) in [6, 6.07) is 8.99. The first-order chi connectivity index (χ1) is 10.1. The molecular weight excluding hydrogens is 296 g/mol. The summed E-state index contributed by atoms with van der Waals surface area (Å²) in [5.74, 6) is -0.114. The lowest BCUT2D eigenvalue weighted by atomic mass is 9.93. The predicted molar refractivity (Wildman–Crippen MR) is 77.6 cm³/mol. The normalized spacial score (nSPS) is 20.8. The van der Waals surface area contributed by atoms with Crippen LogP contribution in [0.1, 0.15) is 29.7 Å². The van der Waals surface area contributed by atoms with Crippen molar-refractivity contribution in [1.29, 1.82) is 0 Å². The number of halogens is 3. The van der Waals surface area contributed by atoms with Crippen LogP contribution in [0.3, 0.4) is 0 Å². The third-order valence-corrected chi connectivity index (χ3v) is 4.02. The second-order valence-electron chi connectivity index (χ2n) is 5.04. The monoisotopic (exact) mass is 309 g/mol. The van der Waals surface area contributed by atoms with Crippen molar-refractivity contribution in [1.82, 2.24) is 5.32 Å². The van der Waals surface area contributed by atoms with Gasteiger partial charge in [0.15, 0.2) is 0 Å². The van der Waals surface area contributed by atoms with E-state index in [1.165, 1.54) is 18.2 Å². The van der Waals surface area contributed by atoms with Crippen LogP contribution in [0, 0.1) is 11.6 Å².